The highest BCUT2D eigenvalue weighted by Crippen LogP contribution is 2.16. The summed E-state index contributed by atoms with van der Waals surface area (Å²) in [6.07, 6.45) is 6.64. The molecule has 6 nitrogen and oxygen atoms in total. The summed E-state index contributed by atoms with van der Waals surface area (Å²) in [6.45, 7) is 7.27. The predicted octanol–water partition coefficient (Wildman–Crippen LogP) is 1.83. The number of hydrogen-bond acceptors (Lipinski definition) is 4. The highest BCUT2D eigenvalue weighted by Gasteiger charge is 2.27. The lowest BCUT2D eigenvalue weighted by Gasteiger charge is -2.34. The molecule has 1 atom stereocenters. The molecule has 1 aliphatic rings. The molecule has 2 amide bonds. The molecule has 1 aromatic rings. The van der Waals surface area contributed by atoms with Gasteiger partial charge >= 0.3 is 6.03 Å². The third-order valence-corrected chi connectivity index (χ3v) is 2.97. The van der Waals surface area contributed by atoms with E-state index in [0.29, 0.717) is 12.4 Å². The van der Waals surface area contributed by atoms with E-state index < -0.39 is 0 Å². The standard InChI is InChI=1S/C14H22N4O2/c1-14(2,3)17-13(19)18-8-4-5-11(10-18)20-12-9-15-6-7-16-12/h6-7,9,11H,4-5,8,10H2,1-3H3,(H,17,19). The average molecular weight is 278 g/mol. The van der Waals surface area contributed by atoms with E-state index >= 15 is 0 Å². The molecule has 6 heteroatoms. The highest BCUT2D eigenvalue weighted by atomic mass is 16.5. The van der Waals surface area contributed by atoms with Crippen LogP contribution in [-0.4, -0.2) is 45.6 Å². The van der Waals surface area contributed by atoms with Crippen LogP contribution in [0.4, 0.5) is 4.79 Å². The van der Waals surface area contributed by atoms with Gasteiger partial charge in [0.25, 0.3) is 0 Å². The number of amides is 2. The number of carbonyl (C=O) groups excluding carboxylic acids is 1. The van der Waals surface area contributed by atoms with Gasteiger partial charge in [-0.1, -0.05) is 0 Å². The molecule has 0 aromatic carbocycles. The number of urea groups is 1. The van der Waals surface area contributed by atoms with Crippen LogP contribution in [0, 0.1) is 0 Å². The van der Waals surface area contributed by atoms with Crippen molar-refractivity contribution in [1.82, 2.24) is 20.2 Å². The summed E-state index contributed by atoms with van der Waals surface area (Å²) in [5.41, 5.74) is -0.226. The van der Waals surface area contributed by atoms with Gasteiger partial charge in [0.2, 0.25) is 5.88 Å². The third kappa shape index (κ3) is 4.36. The molecule has 1 unspecified atom stereocenters. The van der Waals surface area contributed by atoms with Crippen molar-refractivity contribution in [3.05, 3.63) is 18.6 Å². The largest absolute Gasteiger partial charge is 0.471 e. The van der Waals surface area contributed by atoms with Gasteiger partial charge in [-0.3, -0.25) is 4.98 Å². The maximum absolute atomic E-state index is 12.1. The number of likely N-dealkylation sites (tertiary alicyclic amines) is 1. The van der Waals surface area contributed by atoms with Crippen LogP contribution < -0.4 is 10.1 Å². The van der Waals surface area contributed by atoms with Crippen LogP contribution in [0.15, 0.2) is 18.6 Å². The second kappa shape index (κ2) is 6.07. The molecule has 1 N–H and O–H groups in total. The number of piperidine rings is 1. The number of ether oxygens (including phenoxy) is 1. The Balaban J connectivity index is 1.90. The van der Waals surface area contributed by atoms with Gasteiger partial charge in [-0.25, -0.2) is 9.78 Å². The molecule has 1 fully saturated rings. The first kappa shape index (κ1) is 14.6. The van der Waals surface area contributed by atoms with Crippen LogP contribution in [0.25, 0.3) is 0 Å². The fourth-order valence-electron chi connectivity index (χ4n) is 2.14. The van der Waals surface area contributed by atoms with Crippen LogP contribution in [0.2, 0.25) is 0 Å². The molecular formula is C14H22N4O2. The molecule has 0 radical (unpaired) electrons. The Morgan fingerprint density at radius 3 is 2.90 bits per heavy atom. The molecule has 0 saturated carbocycles. The molecule has 1 aliphatic heterocycles. The van der Waals surface area contributed by atoms with E-state index in [0.717, 1.165) is 19.4 Å². The summed E-state index contributed by atoms with van der Waals surface area (Å²) in [4.78, 5) is 22.0. The van der Waals surface area contributed by atoms with Crippen LogP contribution in [0.1, 0.15) is 33.6 Å². The lowest BCUT2D eigenvalue weighted by atomic mass is 10.1. The van der Waals surface area contributed by atoms with E-state index in [2.05, 4.69) is 15.3 Å². The first-order valence-electron chi connectivity index (χ1n) is 6.94. The molecule has 0 spiro atoms. The molecule has 20 heavy (non-hydrogen) atoms. The lowest BCUT2D eigenvalue weighted by Crippen LogP contribution is -2.53. The zero-order valence-electron chi connectivity index (χ0n) is 12.3. The van der Waals surface area contributed by atoms with E-state index in [-0.39, 0.29) is 17.7 Å². The van der Waals surface area contributed by atoms with Gasteiger partial charge in [-0.15, -0.1) is 0 Å². The molecule has 2 heterocycles. The normalized spacial score (nSPS) is 19.6. The molecule has 2 rings (SSSR count). The average Bonchev–Trinajstić information content (AvgIpc) is 2.38. The van der Waals surface area contributed by atoms with Crippen molar-refractivity contribution in [3.8, 4) is 5.88 Å². The summed E-state index contributed by atoms with van der Waals surface area (Å²) >= 11 is 0. The third-order valence-electron chi connectivity index (χ3n) is 2.97. The van der Waals surface area contributed by atoms with Crippen molar-refractivity contribution in [1.29, 1.82) is 0 Å². The Morgan fingerprint density at radius 2 is 2.25 bits per heavy atom. The molecule has 1 saturated heterocycles. The SMILES string of the molecule is CC(C)(C)NC(=O)N1CCCC(Oc2cnccn2)C1. The van der Waals surface area contributed by atoms with E-state index in [1.54, 1.807) is 23.5 Å². The van der Waals surface area contributed by atoms with Crippen molar-refractivity contribution in [3.63, 3.8) is 0 Å². The van der Waals surface area contributed by atoms with Crippen LogP contribution >= 0.6 is 0 Å². The Bertz CT molecular complexity index is 444. The minimum absolute atomic E-state index is 0.0221. The van der Waals surface area contributed by atoms with E-state index in [1.807, 2.05) is 20.8 Å². The number of hydrogen-bond donors (Lipinski definition) is 1. The number of carbonyl (C=O) groups is 1. The first-order chi connectivity index (χ1) is 9.44. The van der Waals surface area contributed by atoms with Gasteiger partial charge in [0.05, 0.1) is 12.7 Å². The summed E-state index contributed by atoms with van der Waals surface area (Å²) in [7, 11) is 0. The quantitative estimate of drug-likeness (QED) is 0.896. The smallest absolute Gasteiger partial charge is 0.317 e. The van der Waals surface area contributed by atoms with E-state index in [1.165, 1.54) is 0 Å². The predicted molar refractivity (Wildman–Crippen MR) is 75.5 cm³/mol. The molecular weight excluding hydrogens is 256 g/mol. The van der Waals surface area contributed by atoms with Crippen molar-refractivity contribution in [2.24, 2.45) is 0 Å². The first-order valence-corrected chi connectivity index (χ1v) is 6.94. The maximum Gasteiger partial charge on any atom is 0.317 e. The van der Waals surface area contributed by atoms with Crippen LogP contribution in [-0.2, 0) is 0 Å². The zero-order chi connectivity index (χ0) is 14.6. The molecule has 1 aromatic heterocycles. The molecule has 110 valence electrons. The monoisotopic (exact) mass is 278 g/mol. The van der Waals surface area contributed by atoms with Crippen molar-refractivity contribution in [2.75, 3.05) is 13.1 Å². The summed E-state index contributed by atoms with van der Waals surface area (Å²) < 4.78 is 5.77. The van der Waals surface area contributed by atoms with Gasteiger partial charge in [-0.2, -0.15) is 0 Å². The van der Waals surface area contributed by atoms with Crippen molar-refractivity contribution >= 4 is 6.03 Å². The number of aromatic nitrogens is 2. The summed E-state index contributed by atoms with van der Waals surface area (Å²) in [5.74, 6) is 0.510. The zero-order valence-corrected chi connectivity index (χ0v) is 12.3. The minimum atomic E-state index is -0.226. The van der Waals surface area contributed by atoms with Gasteiger partial charge in [0.1, 0.15) is 6.10 Å². The number of nitrogens with one attached hydrogen (secondary N) is 1. The topological polar surface area (TPSA) is 67.4 Å². The fraction of sp³-hybridized carbons (Fsp3) is 0.643. The van der Waals surface area contributed by atoms with Crippen molar-refractivity contribution in [2.45, 2.75) is 45.3 Å². The second-order valence-corrected chi connectivity index (χ2v) is 6.05. The van der Waals surface area contributed by atoms with Crippen molar-refractivity contribution < 1.29 is 9.53 Å². The number of nitrogens with zero attached hydrogens (tertiary/aromatic N) is 3. The van der Waals surface area contributed by atoms with Gasteiger partial charge in [0.15, 0.2) is 0 Å². The summed E-state index contributed by atoms with van der Waals surface area (Å²) in [5, 5.41) is 2.98. The Morgan fingerprint density at radius 1 is 1.45 bits per heavy atom. The van der Waals surface area contributed by atoms with Gasteiger partial charge in [-0.05, 0) is 33.6 Å². The van der Waals surface area contributed by atoms with E-state index in [4.69, 9.17) is 4.74 Å². The minimum Gasteiger partial charge on any atom is -0.471 e. The summed E-state index contributed by atoms with van der Waals surface area (Å²) in [6, 6.07) is -0.0371. The molecule has 0 bridgehead atoms. The molecule has 0 aliphatic carbocycles. The Kier molecular flexibility index (Phi) is 4.42. The highest BCUT2D eigenvalue weighted by molar-refractivity contribution is 5.75. The lowest BCUT2D eigenvalue weighted by molar-refractivity contribution is 0.0950. The van der Waals surface area contributed by atoms with Gasteiger partial charge in [0, 0.05) is 24.5 Å². The van der Waals surface area contributed by atoms with Crippen LogP contribution in [0.3, 0.4) is 0 Å². The maximum atomic E-state index is 12.1. The Labute approximate surface area is 119 Å². The Hall–Kier alpha value is -1.85. The fourth-order valence-corrected chi connectivity index (χ4v) is 2.14. The van der Waals surface area contributed by atoms with Gasteiger partial charge < -0.3 is 15.0 Å². The van der Waals surface area contributed by atoms with Crippen LogP contribution in [0.5, 0.6) is 5.88 Å². The van der Waals surface area contributed by atoms with E-state index in [9.17, 15) is 4.79 Å². The number of rotatable bonds is 2. The second-order valence-electron chi connectivity index (χ2n) is 6.05.